The lowest BCUT2D eigenvalue weighted by atomic mass is 10.2. The van der Waals surface area contributed by atoms with Crippen LogP contribution in [-0.4, -0.2) is 64.3 Å². The molecule has 1 amide bonds. The molecule has 0 saturated carbocycles. The molecule has 1 fully saturated rings. The molecule has 1 aliphatic rings. The second-order valence-corrected chi connectivity index (χ2v) is 9.64. The first-order valence-corrected chi connectivity index (χ1v) is 10.7. The third kappa shape index (κ3) is 4.21. The van der Waals surface area contributed by atoms with E-state index in [0.29, 0.717) is 17.4 Å². The normalized spacial score (nSPS) is 20.3. The van der Waals surface area contributed by atoms with Crippen molar-refractivity contribution in [3.8, 4) is 11.4 Å². The van der Waals surface area contributed by atoms with E-state index in [2.05, 4.69) is 15.2 Å². The van der Waals surface area contributed by atoms with Gasteiger partial charge in [0.25, 0.3) is 0 Å². The Kier molecular flexibility index (Phi) is 5.14. The predicted molar refractivity (Wildman–Crippen MR) is 97.0 cm³/mol. The van der Waals surface area contributed by atoms with Crippen LogP contribution in [0.25, 0.3) is 11.4 Å². The van der Waals surface area contributed by atoms with Crippen molar-refractivity contribution < 1.29 is 13.2 Å². The number of H-pyrrole nitrogens is 1. The summed E-state index contributed by atoms with van der Waals surface area (Å²) < 4.78 is 23.2. The van der Waals surface area contributed by atoms with E-state index in [1.807, 2.05) is 30.3 Å². The largest absolute Gasteiger partial charge is 0.341 e. The van der Waals surface area contributed by atoms with Gasteiger partial charge in [-0.25, -0.2) is 13.4 Å². The number of benzene rings is 1. The number of thioether (sulfide) groups is 1. The van der Waals surface area contributed by atoms with Crippen LogP contribution in [0, 0.1) is 0 Å². The average molecular weight is 380 g/mol. The van der Waals surface area contributed by atoms with Crippen LogP contribution < -0.4 is 0 Å². The number of hydrogen-bond acceptors (Lipinski definition) is 6. The molecule has 0 unspecified atom stereocenters. The van der Waals surface area contributed by atoms with Crippen LogP contribution in [0.3, 0.4) is 0 Å². The molecule has 1 aliphatic heterocycles. The summed E-state index contributed by atoms with van der Waals surface area (Å²) in [4.78, 5) is 18.5. The Balaban J connectivity index is 1.63. The molecule has 1 saturated heterocycles. The molecule has 1 N–H and O–H groups in total. The van der Waals surface area contributed by atoms with E-state index >= 15 is 0 Å². The van der Waals surface area contributed by atoms with Gasteiger partial charge in [0.15, 0.2) is 15.7 Å². The molecule has 2 heterocycles. The van der Waals surface area contributed by atoms with Crippen molar-refractivity contribution in [2.45, 2.75) is 29.8 Å². The Labute approximate surface area is 151 Å². The maximum Gasteiger partial charge on any atom is 0.235 e. The third-order valence-electron chi connectivity index (χ3n) is 4.25. The zero-order valence-electron chi connectivity index (χ0n) is 14.0. The van der Waals surface area contributed by atoms with E-state index in [1.54, 1.807) is 18.9 Å². The highest BCUT2D eigenvalue weighted by molar-refractivity contribution is 8.00. The lowest BCUT2D eigenvalue weighted by Crippen LogP contribution is -2.41. The second kappa shape index (κ2) is 7.17. The molecule has 1 aromatic carbocycles. The number of aromatic amines is 1. The minimum atomic E-state index is -3.02. The highest BCUT2D eigenvalue weighted by atomic mass is 32.2. The highest BCUT2D eigenvalue weighted by Gasteiger charge is 2.34. The molecule has 134 valence electrons. The van der Waals surface area contributed by atoms with Gasteiger partial charge in [-0.3, -0.25) is 9.89 Å². The van der Waals surface area contributed by atoms with E-state index in [0.717, 1.165) is 5.56 Å². The monoisotopic (exact) mass is 380 g/mol. The number of nitrogens with zero attached hydrogens (tertiary/aromatic N) is 3. The minimum Gasteiger partial charge on any atom is -0.341 e. The van der Waals surface area contributed by atoms with Crippen molar-refractivity contribution in [3.05, 3.63) is 30.3 Å². The SMILES string of the molecule is C[C@@H](Sc1n[nH]c(-c2ccccc2)n1)C(=O)N(C)[C@@H]1CCS(=O)(=O)C1. The Morgan fingerprint density at radius 1 is 1.36 bits per heavy atom. The van der Waals surface area contributed by atoms with Crippen molar-refractivity contribution in [1.29, 1.82) is 0 Å². The summed E-state index contributed by atoms with van der Waals surface area (Å²) in [6.45, 7) is 1.78. The topological polar surface area (TPSA) is 96.0 Å². The van der Waals surface area contributed by atoms with Crippen LogP contribution in [0.15, 0.2) is 35.5 Å². The van der Waals surface area contributed by atoms with Crippen molar-refractivity contribution in [2.24, 2.45) is 0 Å². The predicted octanol–water partition coefficient (Wildman–Crippen LogP) is 1.60. The summed E-state index contributed by atoms with van der Waals surface area (Å²) in [6, 6.07) is 9.38. The van der Waals surface area contributed by atoms with Gasteiger partial charge >= 0.3 is 0 Å². The van der Waals surface area contributed by atoms with Gasteiger partial charge in [0.1, 0.15) is 0 Å². The van der Waals surface area contributed by atoms with Gasteiger partial charge in [-0.15, -0.1) is 5.10 Å². The van der Waals surface area contributed by atoms with E-state index in [9.17, 15) is 13.2 Å². The van der Waals surface area contributed by atoms with Gasteiger partial charge in [0.05, 0.1) is 16.8 Å². The molecule has 9 heteroatoms. The van der Waals surface area contributed by atoms with Gasteiger partial charge in [-0.2, -0.15) is 0 Å². The fourth-order valence-electron chi connectivity index (χ4n) is 2.78. The van der Waals surface area contributed by atoms with Crippen molar-refractivity contribution in [2.75, 3.05) is 18.6 Å². The average Bonchev–Trinajstić information content (AvgIpc) is 3.20. The summed E-state index contributed by atoms with van der Waals surface area (Å²) in [7, 11) is -1.35. The van der Waals surface area contributed by atoms with Crippen molar-refractivity contribution in [3.63, 3.8) is 0 Å². The zero-order valence-corrected chi connectivity index (χ0v) is 15.7. The molecule has 25 heavy (non-hydrogen) atoms. The minimum absolute atomic E-state index is 0.0471. The summed E-state index contributed by atoms with van der Waals surface area (Å²) in [6.07, 6.45) is 0.501. The third-order valence-corrected chi connectivity index (χ3v) is 6.94. The first-order chi connectivity index (χ1) is 11.9. The van der Waals surface area contributed by atoms with Gasteiger partial charge in [-0.1, -0.05) is 42.1 Å². The number of amides is 1. The second-order valence-electron chi connectivity index (χ2n) is 6.10. The number of nitrogens with one attached hydrogen (secondary N) is 1. The van der Waals surface area contributed by atoms with Crippen LogP contribution >= 0.6 is 11.8 Å². The van der Waals surface area contributed by atoms with Crippen LogP contribution in [0.1, 0.15) is 13.3 Å². The number of hydrogen-bond donors (Lipinski definition) is 1. The molecule has 0 spiro atoms. The number of carbonyl (C=O) groups excluding carboxylic acids is 1. The maximum absolute atomic E-state index is 12.6. The lowest BCUT2D eigenvalue weighted by molar-refractivity contribution is -0.130. The summed E-state index contributed by atoms with van der Waals surface area (Å²) in [5.74, 6) is 0.736. The summed E-state index contributed by atoms with van der Waals surface area (Å²) in [5, 5.41) is 7.13. The maximum atomic E-state index is 12.6. The molecule has 2 atom stereocenters. The molecule has 0 aliphatic carbocycles. The van der Waals surface area contributed by atoms with Gasteiger partial charge in [0, 0.05) is 18.7 Å². The van der Waals surface area contributed by atoms with Crippen LogP contribution in [0.5, 0.6) is 0 Å². The fourth-order valence-corrected chi connectivity index (χ4v) is 5.38. The Morgan fingerprint density at radius 2 is 2.08 bits per heavy atom. The zero-order chi connectivity index (χ0) is 18.0. The van der Waals surface area contributed by atoms with Gasteiger partial charge in [-0.05, 0) is 13.3 Å². The van der Waals surface area contributed by atoms with Crippen LogP contribution in [-0.2, 0) is 14.6 Å². The quantitative estimate of drug-likeness (QED) is 0.792. The first kappa shape index (κ1) is 17.9. The van der Waals surface area contributed by atoms with Gasteiger partial charge < -0.3 is 4.90 Å². The number of sulfone groups is 1. The molecule has 0 radical (unpaired) electrons. The fraction of sp³-hybridized carbons (Fsp3) is 0.438. The lowest BCUT2D eigenvalue weighted by Gasteiger charge is -2.25. The number of aromatic nitrogens is 3. The van der Waals surface area contributed by atoms with E-state index in [4.69, 9.17) is 0 Å². The molecular formula is C16H20N4O3S2. The van der Waals surface area contributed by atoms with Crippen LogP contribution in [0.2, 0.25) is 0 Å². The highest BCUT2D eigenvalue weighted by Crippen LogP contribution is 2.25. The van der Waals surface area contributed by atoms with Crippen molar-refractivity contribution >= 4 is 27.5 Å². The molecule has 2 aromatic rings. The Bertz CT molecular complexity index is 851. The smallest absolute Gasteiger partial charge is 0.235 e. The summed E-state index contributed by atoms with van der Waals surface area (Å²) >= 11 is 1.26. The Hall–Kier alpha value is -1.87. The standard InChI is InChI=1S/C16H20N4O3S2/c1-11(15(21)20(2)13-8-9-25(22,23)10-13)24-16-17-14(18-19-16)12-6-4-3-5-7-12/h3-7,11,13H,8-10H2,1-2H3,(H,17,18,19)/t11-,13-/m1/s1. The van der Waals surface area contributed by atoms with Gasteiger partial charge in [0.2, 0.25) is 11.1 Å². The number of rotatable bonds is 5. The summed E-state index contributed by atoms with van der Waals surface area (Å²) in [5.41, 5.74) is 0.925. The van der Waals surface area contributed by atoms with E-state index < -0.39 is 15.1 Å². The number of carbonyl (C=O) groups is 1. The van der Waals surface area contributed by atoms with E-state index in [1.165, 1.54) is 11.8 Å². The first-order valence-electron chi connectivity index (χ1n) is 7.97. The van der Waals surface area contributed by atoms with E-state index in [-0.39, 0.29) is 23.5 Å². The molecule has 1 aromatic heterocycles. The molecule has 7 nitrogen and oxygen atoms in total. The molecule has 0 bridgehead atoms. The molecular weight excluding hydrogens is 360 g/mol. The Morgan fingerprint density at radius 3 is 2.72 bits per heavy atom. The molecule has 3 rings (SSSR count). The van der Waals surface area contributed by atoms with Crippen molar-refractivity contribution in [1.82, 2.24) is 20.1 Å². The van der Waals surface area contributed by atoms with Crippen LogP contribution in [0.4, 0.5) is 0 Å².